The van der Waals surface area contributed by atoms with Gasteiger partial charge in [-0.15, -0.1) is 0 Å². The number of nitrogens with zero attached hydrogens (tertiary/aromatic N) is 1. The SMILES string of the molecule is CCCCC1NC(CCC)N(CCCS(C)(=O)=O)C1=O. The lowest BCUT2D eigenvalue weighted by Crippen LogP contribution is -2.38. The van der Waals surface area contributed by atoms with Crippen LogP contribution in [-0.4, -0.2) is 50.0 Å². The molecule has 0 spiro atoms. The molecule has 0 radical (unpaired) electrons. The second kappa shape index (κ2) is 7.98. The van der Waals surface area contributed by atoms with Crippen molar-refractivity contribution in [3.63, 3.8) is 0 Å². The number of hydrogen-bond donors (Lipinski definition) is 1. The van der Waals surface area contributed by atoms with Gasteiger partial charge in [0.05, 0.1) is 18.0 Å². The van der Waals surface area contributed by atoms with Gasteiger partial charge in [-0.2, -0.15) is 0 Å². The second-order valence-electron chi connectivity index (χ2n) is 5.68. The van der Waals surface area contributed by atoms with Crippen LogP contribution in [0.25, 0.3) is 0 Å². The summed E-state index contributed by atoms with van der Waals surface area (Å²) in [7, 11) is -2.95. The molecule has 2 unspecified atom stereocenters. The van der Waals surface area contributed by atoms with Crippen molar-refractivity contribution in [1.82, 2.24) is 10.2 Å². The summed E-state index contributed by atoms with van der Waals surface area (Å²) in [5.41, 5.74) is 0. The molecule has 5 nitrogen and oxygen atoms in total. The number of carbonyl (C=O) groups is 1. The Kier molecular flexibility index (Phi) is 6.95. The highest BCUT2D eigenvalue weighted by atomic mass is 32.2. The predicted molar refractivity (Wildman–Crippen MR) is 81.2 cm³/mol. The highest BCUT2D eigenvalue weighted by Crippen LogP contribution is 2.19. The molecule has 0 bridgehead atoms. The molecule has 6 heteroatoms. The zero-order valence-corrected chi connectivity index (χ0v) is 13.7. The number of sulfone groups is 1. The van der Waals surface area contributed by atoms with Gasteiger partial charge in [0, 0.05) is 12.8 Å². The van der Waals surface area contributed by atoms with Gasteiger partial charge >= 0.3 is 0 Å². The molecule has 118 valence electrons. The summed E-state index contributed by atoms with van der Waals surface area (Å²) in [6.45, 7) is 4.75. The minimum absolute atomic E-state index is 0.0777. The van der Waals surface area contributed by atoms with E-state index < -0.39 is 9.84 Å². The lowest BCUT2D eigenvalue weighted by molar-refractivity contribution is -0.130. The molecule has 1 fully saturated rings. The van der Waals surface area contributed by atoms with E-state index in [9.17, 15) is 13.2 Å². The standard InChI is InChI=1S/C14H28N2O3S/c1-4-6-9-12-14(17)16(13(15-12)8-5-2)10-7-11-20(3,18)19/h12-13,15H,4-11H2,1-3H3. The zero-order chi connectivity index (χ0) is 15.2. The topological polar surface area (TPSA) is 66.5 Å². The molecule has 1 saturated heterocycles. The molecule has 0 aromatic carbocycles. The van der Waals surface area contributed by atoms with Crippen LogP contribution in [0, 0.1) is 0 Å². The first-order valence-electron chi connectivity index (χ1n) is 7.63. The lowest BCUT2D eigenvalue weighted by Gasteiger charge is -2.23. The smallest absolute Gasteiger partial charge is 0.241 e. The van der Waals surface area contributed by atoms with Crippen molar-refractivity contribution in [3.05, 3.63) is 0 Å². The van der Waals surface area contributed by atoms with Crippen LogP contribution in [0.1, 0.15) is 52.4 Å². The fourth-order valence-corrected chi connectivity index (χ4v) is 3.29. The maximum Gasteiger partial charge on any atom is 0.241 e. The van der Waals surface area contributed by atoms with E-state index in [1.54, 1.807) is 0 Å². The summed E-state index contributed by atoms with van der Waals surface area (Å²) < 4.78 is 22.4. The molecule has 1 rings (SSSR count). The number of carbonyl (C=O) groups excluding carboxylic acids is 1. The second-order valence-corrected chi connectivity index (χ2v) is 7.94. The molecule has 1 aliphatic heterocycles. The van der Waals surface area contributed by atoms with Gasteiger partial charge in [-0.05, 0) is 19.3 Å². The Morgan fingerprint density at radius 1 is 1.15 bits per heavy atom. The molecule has 0 aliphatic carbocycles. The number of amides is 1. The Hall–Kier alpha value is -0.620. The van der Waals surface area contributed by atoms with Crippen molar-refractivity contribution >= 4 is 15.7 Å². The molecule has 20 heavy (non-hydrogen) atoms. The Labute approximate surface area is 123 Å². The van der Waals surface area contributed by atoms with Crippen LogP contribution >= 0.6 is 0 Å². The molecular formula is C14H28N2O3S. The van der Waals surface area contributed by atoms with Crippen LogP contribution in [0.4, 0.5) is 0 Å². The third kappa shape index (κ3) is 5.40. The quantitative estimate of drug-likeness (QED) is 0.701. The maximum absolute atomic E-state index is 12.4. The van der Waals surface area contributed by atoms with Gasteiger partial charge in [0.1, 0.15) is 9.84 Å². The molecule has 1 aliphatic rings. The molecule has 1 N–H and O–H groups in total. The monoisotopic (exact) mass is 304 g/mol. The minimum Gasteiger partial charge on any atom is -0.326 e. The van der Waals surface area contributed by atoms with E-state index in [2.05, 4.69) is 19.2 Å². The van der Waals surface area contributed by atoms with Crippen molar-refractivity contribution in [2.45, 2.75) is 64.6 Å². The van der Waals surface area contributed by atoms with E-state index in [1.807, 2.05) is 4.90 Å². The van der Waals surface area contributed by atoms with Gasteiger partial charge in [-0.1, -0.05) is 33.1 Å². The molecule has 0 aromatic rings. The number of rotatable bonds is 9. The Morgan fingerprint density at radius 2 is 1.85 bits per heavy atom. The Bertz CT molecular complexity index is 409. The zero-order valence-electron chi connectivity index (χ0n) is 12.9. The molecule has 2 atom stereocenters. The van der Waals surface area contributed by atoms with Gasteiger partial charge in [-0.3, -0.25) is 10.1 Å². The number of hydrogen-bond acceptors (Lipinski definition) is 4. The number of unbranched alkanes of at least 4 members (excludes halogenated alkanes) is 1. The van der Waals surface area contributed by atoms with Crippen LogP contribution in [-0.2, 0) is 14.6 Å². The van der Waals surface area contributed by atoms with Crippen molar-refractivity contribution < 1.29 is 13.2 Å². The molecule has 0 aromatic heterocycles. The third-order valence-electron chi connectivity index (χ3n) is 3.67. The molecule has 1 amide bonds. The van der Waals surface area contributed by atoms with Gasteiger partial charge in [0.15, 0.2) is 0 Å². The van der Waals surface area contributed by atoms with E-state index in [0.29, 0.717) is 13.0 Å². The van der Waals surface area contributed by atoms with E-state index in [0.717, 1.165) is 32.1 Å². The van der Waals surface area contributed by atoms with Crippen LogP contribution in [0.15, 0.2) is 0 Å². The van der Waals surface area contributed by atoms with Gasteiger partial charge in [0.2, 0.25) is 5.91 Å². The van der Waals surface area contributed by atoms with Crippen molar-refractivity contribution in [2.24, 2.45) is 0 Å². The molecule has 1 heterocycles. The normalized spacial score (nSPS) is 23.6. The van der Waals surface area contributed by atoms with Gasteiger partial charge in [-0.25, -0.2) is 8.42 Å². The van der Waals surface area contributed by atoms with E-state index in [-0.39, 0.29) is 23.9 Å². The number of nitrogens with one attached hydrogen (secondary N) is 1. The first-order valence-corrected chi connectivity index (χ1v) is 9.69. The largest absolute Gasteiger partial charge is 0.326 e. The minimum atomic E-state index is -2.95. The molecule has 0 saturated carbocycles. The Morgan fingerprint density at radius 3 is 2.40 bits per heavy atom. The highest BCUT2D eigenvalue weighted by Gasteiger charge is 2.37. The first kappa shape index (κ1) is 17.4. The summed E-state index contributed by atoms with van der Waals surface area (Å²) in [5, 5.41) is 3.40. The fraction of sp³-hybridized carbons (Fsp3) is 0.929. The van der Waals surface area contributed by atoms with E-state index in [1.165, 1.54) is 6.26 Å². The first-order chi connectivity index (χ1) is 9.39. The van der Waals surface area contributed by atoms with Gasteiger partial charge < -0.3 is 4.90 Å². The summed E-state index contributed by atoms with van der Waals surface area (Å²) >= 11 is 0. The van der Waals surface area contributed by atoms with Gasteiger partial charge in [0.25, 0.3) is 0 Å². The summed E-state index contributed by atoms with van der Waals surface area (Å²) in [4.78, 5) is 14.2. The predicted octanol–water partition coefficient (Wildman–Crippen LogP) is 1.54. The van der Waals surface area contributed by atoms with Crippen LogP contribution in [0.5, 0.6) is 0 Å². The van der Waals surface area contributed by atoms with Crippen LogP contribution in [0.3, 0.4) is 0 Å². The fourth-order valence-electron chi connectivity index (χ4n) is 2.64. The van der Waals surface area contributed by atoms with E-state index in [4.69, 9.17) is 0 Å². The summed E-state index contributed by atoms with van der Waals surface area (Å²) in [6, 6.07) is -0.0790. The van der Waals surface area contributed by atoms with Crippen molar-refractivity contribution in [1.29, 1.82) is 0 Å². The maximum atomic E-state index is 12.4. The van der Waals surface area contributed by atoms with E-state index >= 15 is 0 Å². The summed E-state index contributed by atoms with van der Waals surface area (Å²) in [5.74, 6) is 0.292. The van der Waals surface area contributed by atoms with Crippen molar-refractivity contribution in [2.75, 3.05) is 18.6 Å². The highest BCUT2D eigenvalue weighted by molar-refractivity contribution is 7.90. The summed E-state index contributed by atoms with van der Waals surface area (Å²) in [6.07, 6.45) is 6.77. The Balaban J connectivity index is 2.57. The average molecular weight is 304 g/mol. The lowest BCUT2D eigenvalue weighted by atomic mass is 10.1. The van der Waals surface area contributed by atoms with Crippen LogP contribution < -0.4 is 5.32 Å². The van der Waals surface area contributed by atoms with Crippen molar-refractivity contribution in [3.8, 4) is 0 Å². The van der Waals surface area contributed by atoms with Crippen LogP contribution in [0.2, 0.25) is 0 Å². The molecular weight excluding hydrogens is 276 g/mol. The third-order valence-corrected chi connectivity index (χ3v) is 4.70. The average Bonchev–Trinajstić information content (AvgIpc) is 2.64.